The Balaban J connectivity index is 1.91. The average Bonchev–Trinajstić information content (AvgIpc) is 2.58. The summed E-state index contributed by atoms with van der Waals surface area (Å²) in [5.74, 6) is -0.638. The minimum absolute atomic E-state index is 0.0429. The van der Waals surface area contributed by atoms with E-state index in [-0.39, 0.29) is 17.9 Å². The van der Waals surface area contributed by atoms with Crippen LogP contribution in [-0.4, -0.2) is 23.0 Å². The van der Waals surface area contributed by atoms with Gasteiger partial charge in [0.15, 0.2) is 0 Å². The first kappa shape index (κ1) is 12.4. The summed E-state index contributed by atoms with van der Waals surface area (Å²) in [4.78, 5) is 23.1. The predicted molar refractivity (Wildman–Crippen MR) is 63.3 cm³/mol. The predicted octanol–water partition coefficient (Wildman–Crippen LogP) is 1.65. The molecule has 0 aliphatic heterocycles. The van der Waals surface area contributed by atoms with Gasteiger partial charge in [0.1, 0.15) is 0 Å². The van der Waals surface area contributed by atoms with Crippen LogP contribution in [0, 0.1) is 23.7 Å². The van der Waals surface area contributed by atoms with Crippen LogP contribution in [-0.2, 0) is 9.59 Å². The molecule has 0 heterocycles. The lowest BCUT2D eigenvalue weighted by molar-refractivity contribution is -0.146. The van der Waals surface area contributed by atoms with E-state index in [1.807, 2.05) is 6.92 Å². The summed E-state index contributed by atoms with van der Waals surface area (Å²) in [5, 5.41) is 12.1. The lowest BCUT2D eigenvalue weighted by atomic mass is 9.81. The highest BCUT2D eigenvalue weighted by Crippen LogP contribution is 2.37. The molecule has 2 rings (SSSR count). The number of nitrogens with one attached hydrogen (secondary N) is 1. The van der Waals surface area contributed by atoms with Gasteiger partial charge in [0.25, 0.3) is 0 Å². The normalized spacial score (nSPS) is 40.7. The second-order valence-corrected chi connectivity index (χ2v) is 5.91. The SMILES string of the molecule is CC1CC(NC(=O)[C@H]2CC(C)C[C@H]2C(=O)O)C1. The van der Waals surface area contributed by atoms with Crippen molar-refractivity contribution in [1.29, 1.82) is 0 Å². The number of carboxylic acid groups (broad SMARTS) is 1. The molecule has 0 aromatic rings. The molecule has 1 unspecified atom stereocenters. The van der Waals surface area contributed by atoms with Crippen LogP contribution < -0.4 is 5.32 Å². The first-order valence-electron chi connectivity index (χ1n) is 6.50. The summed E-state index contributed by atoms with van der Waals surface area (Å²) in [6, 6.07) is 0.280. The largest absolute Gasteiger partial charge is 0.481 e. The maximum Gasteiger partial charge on any atom is 0.307 e. The van der Waals surface area contributed by atoms with Gasteiger partial charge in [0, 0.05) is 6.04 Å². The number of rotatable bonds is 3. The molecule has 4 nitrogen and oxygen atoms in total. The van der Waals surface area contributed by atoms with Crippen molar-refractivity contribution in [3.63, 3.8) is 0 Å². The third kappa shape index (κ3) is 2.61. The number of carboxylic acids is 1. The molecule has 4 heteroatoms. The van der Waals surface area contributed by atoms with Crippen LogP contribution >= 0.6 is 0 Å². The Bertz CT molecular complexity index is 323. The van der Waals surface area contributed by atoms with Crippen molar-refractivity contribution in [3.05, 3.63) is 0 Å². The van der Waals surface area contributed by atoms with E-state index >= 15 is 0 Å². The van der Waals surface area contributed by atoms with Gasteiger partial charge in [0.2, 0.25) is 5.91 Å². The van der Waals surface area contributed by atoms with Crippen LogP contribution in [0.2, 0.25) is 0 Å². The van der Waals surface area contributed by atoms with Crippen molar-refractivity contribution in [2.24, 2.45) is 23.7 Å². The maximum absolute atomic E-state index is 12.0. The van der Waals surface area contributed by atoms with Crippen molar-refractivity contribution >= 4 is 11.9 Å². The molecule has 3 atom stereocenters. The summed E-state index contributed by atoms with van der Waals surface area (Å²) in [5.41, 5.74) is 0. The van der Waals surface area contributed by atoms with Crippen molar-refractivity contribution in [2.45, 2.75) is 45.6 Å². The molecule has 96 valence electrons. The Labute approximate surface area is 102 Å². The molecule has 0 radical (unpaired) electrons. The minimum atomic E-state index is -0.823. The van der Waals surface area contributed by atoms with Gasteiger partial charge in [-0.15, -0.1) is 0 Å². The van der Waals surface area contributed by atoms with Crippen LogP contribution in [0.1, 0.15) is 39.5 Å². The number of hydrogen-bond acceptors (Lipinski definition) is 2. The topological polar surface area (TPSA) is 66.4 Å². The number of hydrogen-bond donors (Lipinski definition) is 2. The Kier molecular flexibility index (Phi) is 3.40. The summed E-state index contributed by atoms with van der Waals surface area (Å²) < 4.78 is 0. The summed E-state index contributed by atoms with van der Waals surface area (Å²) in [6.45, 7) is 4.19. The van der Waals surface area contributed by atoms with Gasteiger partial charge in [-0.05, 0) is 37.5 Å². The molecular formula is C13H21NO3. The molecule has 0 aromatic carbocycles. The van der Waals surface area contributed by atoms with Gasteiger partial charge in [-0.3, -0.25) is 9.59 Å². The highest BCUT2D eigenvalue weighted by Gasteiger charge is 2.42. The van der Waals surface area contributed by atoms with E-state index in [1.54, 1.807) is 0 Å². The van der Waals surface area contributed by atoms with Crippen molar-refractivity contribution in [3.8, 4) is 0 Å². The maximum atomic E-state index is 12.0. The van der Waals surface area contributed by atoms with Crippen LogP contribution in [0.25, 0.3) is 0 Å². The summed E-state index contributed by atoms with van der Waals surface area (Å²) in [7, 11) is 0. The molecule has 2 saturated carbocycles. The molecule has 1 amide bonds. The quantitative estimate of drug-likeness (QED) is 0.787. The highest BCUT2D eigenvalue weighted by molar-refractivity contribution is 5.85. The molecule has 17 heavy (non-hydrogen) atoms. The number of carbonyl (C=O) groups is 2. The van der Waals surface area contributed by atoms with Gasteiger partial charge in [-0.1, -0.05) is 13.8 Å². The van der Waals surface area contributed by atoms with Gasteiger partial charge in [-0.25, -0.2) is 0 Å². The van der Waals surface area contributed by atoms with E-state index in [2.05, 4.69) is 12.2 Å². The highest BCUT2D eigenvalue weighted by atomic mass is 16.4. The van der Waals surface area contributed by atoms with Crippen LogP contribution in [0.4, 0.5) is 0 Å². The Morgan fingerprint density at radius 1 is 1.00 bits per heavy atom. The lowest BCUT2D eigenvalue weighted by Crippen LogP contribution is -2.47. The molecule has 2 fully saturated rings. The zero-order valence-electron chi connectivity index (χ0n) is 10.5. The van der Waals surface area contributed by atoms with Gasteiger partial charge in [0.05, 0.1) is 11.8 Å². The van der Waals surface area contributed by atoms with E-state index in [9.17, 15) is 9.59 Å². The van der Waals surface area contributed by atoms with E-state index in [4.69, 9.17) is 5.11 Å². The minimum Gasteiger partial charge on any atom is -0.481 e. The summed E-state index contributed by atoms with van der Waals surface area (Å²) in [6.07, 6.45) is 3.41. The first-order valence-corrected chi connectivity index (χ1v) is 6.50. The number of carbonyl (C=O) groups excluding carboxylic acids is 1. The summed E-state index contributed by atoms with van der Waals surface area (Å²) >= 11 is 0. The molecule has 2 N–H and O–H groups in total. The third-order valence-corrected chi connectivity index (χ3v) is 4.17. The second-order valence-electron chi connectivity index (χ2n) is 5.91. The molecule has 2 aliphatic carbocycles. The molecule has 2 aliphatic rings. The third-order valence-electron chi connectivity index (χ3n) is 4.17. The van der Waals surface area contributed by atoms with Crippen LogP contribution in [0.3, 0.4) is 0 Å². The smallest absolute Gasteiger partial charge is 0.307 e. The zero-order valence-corrected chi connectivity index (χ0v) is 10.5. The van der Waals surface area contributed by atoms with E-state index in [0.717, 1.165) is 12.8 Å². The molecule has 0 saturated heterocycles. The standard InChI is InChI=1S/C13H21NO3/c1-7-3-9(4-7)14-12(15)10-5-8(2)6-11(10)13(16)17/h7-11H,3-6H2,1-2H3,(H,14,15)(H,16,17)/t7?,8?,9?,10-,11+/m0/s1. The van der Waals surface area contributed by atoms with Crippen LogP contribution in [0.15, 0.2) is 0 Å². The zero-order chi connectivity index (χ0) is 12.6. The van der Waals surface area contributed by atoms with Crippen molar-refractivity contribution in [2.75, 3.05) is 0 Å². The van der Waals surface area contributed by atoms with E-state index < -0.39 is 11.9 Å². The Morgan fingerprint density at radius 3 is 2.06 bits per heavy atom. The van der Waals surface area contributed by atoms with Crippen molar-refractivity contribution < 1.29 is 14.7 Å². The second kappa shape index (κ2) is 4.67. The molecule has 0 aromatic heterocycles. The Hall–Kier alpha value is -1.06. The molecular weight excluding hydrogens is 218 g/mol. The molecule has 0 bridgehead atoms. The van der Waals surface area contributed by atoms with Gasteiger partial charge < -0.3 is 10.4 Å². The Morgan fingerprint density at radius 2 is 1.53 bits per heavy atom. The number of amides is 1. The fourth-order valence-corrected chi connectivity index (χ4v) is 3.18. The van der Waals surface area contributed by atoms with Crippen molar-refractivity contribution in [1.82, 2.24) is 5.32 Å². The van der Waals surface area contributed by atoms with Gasteiger partial charge in [-0.2, -0.15) is 0 Å². The van der Waals surface area contributed by atoms with Crippen LogP contribution in [0.5, 0.6) is 0 Å². The fraction of sp³-hybridized carbons (Fsp3) is 0.846. The fourth-order valence-electron chi connectivity index (χ4n) is 3.18. The van der Waals surface area contributed by atoms with Gasteiger partial charge >= 0.3 is 5.97 Å². The number of aliphatic carboxylic acids is 1. The average molecular weight is 239 g/mol. The van der Waals surface area contributed by atoms with E-state index in [1.165, 1.54) is 0 Å². The lowest BCUT2D eigenvalue weighted by Gasteiger charge is -2.34. The van der Waals surface area contributed by atoms with E-state index in [0.29, 0.717) is 24.7 Å². The monoisotopic (exact) mass is 239 g/mol. The first-order chi connectivity index (χ1) is 7.97. The molecule has 0 spiro atoms.